The number of hydrogen-bond acceptors (Lipinski definition) is 4. The minimum Gasteiger partial charge on any atom is -0.399 e. The second-order valence-electron chi connectivity index (χ2n) is 7.33. The first-order chi connectivity index (χ1) is 10.3. The first-order valence-electron chi connectivity index (χ1n) is 8.04. The van der Waals surface area contributed by atoms with Crippen LogP contribution in [-0.2, 0) is 14.0 Å². The summed E-state index contributed by atoms with van der Waals surface area (Å²) in [6, 6.07) is 8.88. The number of hydrogen-bond donors (Lipinski definition) is 0. The molecule has 4 nitrogen and oxygen atoms in total. The Morgan fingerprint density at radius 2 is 1.64 bits per heavy atom. The lowest BCUT2D eigenvalue weighted by Gasteiger charge is -2.32. The Balaban J connectivity index is 1.75. The molecule has 2 aliphatic heterocycles. The van der Waals surface area contributed by atoms with Crippen molar-refractivity contribution in [3.63, 3.8) is 0 Å². The van der Waals surface area contributed by atoms with Crippen LogP contribution < -0.4 is 5.46 Å². The Labute approximate surface area is 133 Å². The van der Waals surface area contributed by atoms with Crippen LogP contribution in [0.3, 0.4) is 0 Å². The van der Waals surface area contributed by atoms with Crippen molar-refractivity contribution in [1.82, 2.24) is 4.90 Å². The molecule has 0 spiro atoms. The van der Waals surface area contributed by atoms with Gasteiger partial charge in [-0.15, -0.1) is 0 Å². The van der Waals surface area contributed by atoms with Crippen LogP contribution in [0, 0.1) is 0 Å². The van der Waals surface area contributed by atoms with Gasteiger partial charge in [0, 0.05) is 6.54 Å². The molecule has 120 valence electrons. The molecule has 0 amide bonds. The van der Waals surface area contributed by atoms with E-state index in [0.717, 1.165) is 25.2 Å². The van der Waals surface area contributed by atoms with Crippen LogP contribution in [0.2, 0.25) is 0 Å². The van der Waals surface area contributed by atoms with Gasteiger partial charge in [0.1, 0.15) is 0 Å². The maximum Gasteiger partial charge on any atom is 0.494 e. The normalized spacial score (nSPS) is 28.0. The third-order valence-corrected chi connectivity index (χ3v) is 5.24. The lowest BCUT2D eigenvalue weighted by atomic mass is 9.78. The highest BCUT2D eigenvalue weighted by Gasteiger charge is 2.51. The minimum atomic E-state index is -0.298. The zero-order valence-electron chi connectivity index (χ0n) is 14.3. The van der Waals surface area contributed by atoms with E-state index in [1.54, 1.807) is 0 Å². The number of rotatable bonds is 2. The van der Waals surface area contributed by atoms with E-state index in [-0.39, 0.29) is 18.3 Å². The van der Waals surface area contributed by atoms with Gasteiger partial charge in [0.25, 0.3) is 0 Å². The zero-order valence-corrected chi connectivity index (χ0v) is 14.3. The highest BCUT2D eigenvalue weighted by molar-refractivity contribution is 6.62. The Kier molecular flexibility index (Phi) is 4.10. The zero-order chi connectivity index (χ0) is 16.0. The van der Waals surface area contributed by atoms with Gasteiger partial charge in [-0.3, -0.25) is 4.90 Å². The number of ether oxygens (including phenoxy) is 1. The molecule has 1 aromatic rings. The van der Waals surface area contributed by atoms with Crippen LogP contribution in [-0.4, -0.2) is 50.0 Å². The van der Waals surface area contributed by atoms with Gasteiger partial charge in [-0.05, 0) is 45.8 Å². The summed E-state index contributed by atoms with van der Waals surface area (Å²) in [5, 5.41) is 0. The quantitative estimate of drug-likeness (QED) is 0.782. The molecule has 22 heavy (non-hydrogen) atoms. The predicted octanol–water partition coefficient (Wildman–Crippen LogP) is 1.99. The molecule has 3 rings (SSSR count). The lowest BCUT2D eigenvalue weighted by molar-refractivity contribution is 0.00506. The molecule has 2 fully saturated rings. The largest absolute Gasteiger partial charge is 0.494 e. The number of benzene rings is 1. The second kappa shape index (κ2) is 5.64. The van der Waals surface area contributed by atoms with Crippen molar-refractivity contribution < 1.29 is 14.0 Å². The summed E-state index contributed by atoms with van der Waals surface area (Å²) >= 11 is 0. The Bertz CT molecular complexity index is 513. The van der Waals surface area contributed by atoms with E-state index in [2.05, 4.69) is 63.9 Å². The van der Waals surface area contributed by atoms with E-state index in [9.17, 15) is 0 Å². The molecule has 0 unspecified atom stereocenters. The van der Waals surface area contributed by atoms with E-state index in [4.69, 9.17) is 14.0 Å². The third-order valence-electron chi connectivity index (χ3n) is 5.24. The van der Waals surface area contributed by atoms with Crippen molar-refractivity contribution in [2.45, 2.75) is 44.9 Å². The van der Waals surface area contributed by atoms with Crippen LogP contribution in [0.4, 0.5) is 0 Å². The SMILES string of the molecule is CN1CCOC[C@H]1c1ccc(B2OC(C)(C)C(C)(C)O2)cc1. The summed E-state index contributed by atoms with van der Waals surface area (Å²) in [5.41, 5.74) is 1.76. The predicted molar refractivity (Wildman–Crippen MR) is 88.3 cm³/mol. The summed E-state index contributed by atoms with van der Waals surface area (Å²) in [6.07, 6.45) is 0. The molecule has 2 heterocycles. The standard InChI is InChI=1S/C17H26BNO3/c1-16(2)17(3,4)22-18(21-16)14-8-6-13(7-9-14)15-12-20-11-10-19(15)5/h6-9,15H,10-12H2,1-5H3/t15-/m0/s1. The Morgan fingerprint density at radius 3 is 2.18 bits per heavy atom. The van der Waals surface area contributed by atoms with Crippen LogP contribution in [0.1, 0.15) is 39.3 Å². The van der Waals surface area contributed by atoms with E-state index in [1.165, 1.54) is 5.56 Å². The van der Waals surface area contributed by atoms with Crippen molar-refractivity contribution in [1.29, 1.82) is 0 Å². The maximum atomic E-state index is 6.10. The molecule has 0 radical (unpaired) electrons. The van der Waals surface area contributed by atoms with E-state index >= 15 is 0 Å². The van der Waals surface area contributed by atoms with Gasteiger partial charge in [-0.2, -0.15) is 0 Å². The van der Waals surface area contributed by atoms with Crippen molar-refractivity contribution in [2.24, 2.45) is 0 Å². The number of morpholine rings is 1. The molecule has 1 atom stereocenters. The lowest BCUT2D eigenvalue weighted by Crippen LogP contribution is -2.41. The molecule has 0 bridgehead atoms. The summed E-state index contributed by atoms with van der Waals surface area (Å²) in [6.45, 7) is 10.9. The minimum absolute atomic E-state index is 0.292. The van der Waals surface area contributed by atoms with Crippen molar-refractivity contribution in [2.75, 3.05) is 26.8 Å². The van der Waals surface area contributed by atoms with Gasteiger partial charge in [0.2, 0.25) is 0 Å². The highest BCUT2D eigenvalue weighted by atomic mass is 16.7. The van der Waals surface area contributed by atoms with E-state index in [0.29, 0.717) is 6.04 Å². The van der Waals surface area contributed by atoms with Crippen molar-refractivity contribution in [3.05, 3.63) is 29.8 Å². The molecule has 0 aromatic heterocycles. The second-order valence-corrected chi connectivity index (χ2v) is 7.33. The fourth-order valence-corrected chi connectivity index (χ4v) is 2.89. The maximum absolute atomic E-state index is 6.10. The van der Waals surface area contributed by atoms with Crippen LogP contribution in [0.5, 0.6) is 0 Å². The first kappa shape index (κ1) is 16.0. The molecular formula is C17H26BNO3. The Hall–Kier alpha value is -0.875. The fourth-order valence-electron chi connectivity index (χ4n) is 2.89. The van der Waals surface area contributed by atoms with Crippen LogP contribution >= 0.6 is 0 Å². The summed E-state index contributed by atoms with van der Waals surface area (Å²) in [7, 11) is 1.86. The molecule has 1 aromatic carbocycles. The van der Waals surface area contributed by atoms with Crippen LogP contribution in [0.25, 0.3) is 0 Å². The first-order valence-corrected chi connectivity index (χ1v) is 8.04. The molecule has 0 saturated carbocycles. The molecule has 2 aliphatic rings. The fraction of sp³-hybridized carbons (Fsp3) is 0.647. The van der Waals surface area contributed by atoms with Gasteiger partial charge in [0.05, 0.1) is 30.5 Å². The van der Waals surface area contributed by atoms with Gasteiger partial charge in [-0.1, -0.05) is 24.3 Å². The molecular weight excluding hydrogens is 277 g/mol. The summed E-state index contributed by atoms with van der Waals surface area (Å²) < 4.78 is 17.8. The van der Waals surface area contributed by atoms with E-state index < -0.39 is 0 Å². The van der Waals surface area contributed by atoms with Gasteiger partial charge >= 0.3 is 7.12 Å². The third kappa shape index (κ3) is 2.83. The molecule has 0 N–H and O–H groups in total. The highest BCUT2D eigenvalue weighted by Crippen LogP contribution is 2.36. The average Bonchev–Trinajstić information content (AvgIpc) is 2.68. The molecule has 0 aliphatic carbocycles. The summed E-state index contributed by atoms with van der Waals surface area (Å²) in [4.78, 5) is 2.34. The molecule has 5 heteroatoms. The van der Waals surface area contributed by atoms with Crippen LogP contribution in [0.15, 0.2) is 24.3 Å². The van der Waals surface area contributed by atoms with Gasteiger partial charge < -0.3 is 14.0 Å². The van der Waals surface area contributed by atoms with Crippen molar-refractivity contribution >= 4 is 12.6 Å². The van der Waals surface area contributed by atoms with Crippen molar-refractivity contribution in [3.8, 4) is 0 Å². The Morgan fingerprint density at radius 1 is 1.05 bits per heavy atom. The monoisotopic (exact) mass is 303 g/mol. The van der Waals surface area contributed by atoms with Gasteiger partial charge in [-0.25, -0.2) is 0 Å². The van der Waals surface area contributed by atoms with Gasteiger partial charge in [0.15, 0.2) is 0 Å². The van der Waals surface area contributed by atoms with E-state index in [1.807, 2.05) is 0 Å². The molecule has 2 saturated heterocycles. The smallest absolute Gasteiger partial charge is 0.399 e. The summed E-state index contributed by atoms with van der Waals surface area (Å²) in [5.74, 6) is 0. The average molecular weight is 303 g/mol. The topological polar surface area (TPSA) is 30.9 Å². The number of likely N-dealkylation sites (N-methyl/N-ethyl adjacent to an activating group) is 1. The number of nitrogens with zero attached hydrogens (tertiary/aromatic N) is 1.